The van der Waals surface area contributed by atoms with Crippen LogP contribution in [-0.2, 0) is 170 Å². The molecule has 0 aromatic rings. The van der Waals surface area contributed by atoms with E-state index in [1.165, 1.54) is 0 Å². The second kappa shape index (κ2) is 58.1. The Morgan fingerprint density at radius 3 is 0.426 bits per heavy atom. The van der Waals surface area contributed by atoms with Gasteiger partial charge in [0.2, 0.25) is 0 Å². The molecule has 21 aliphatic rings. The molecule has 0 aliphatic carbocycles. The molecule has 1 unspecified atom stereocenters. The van der Waals surface area contributed by atoms with Gasteiger partial charge in [-0.1, -0.05) is 14.9 Å². The average molecular weight is 2140 g/mol. The molecule has 21 saturated heterocycles. The van der Waals surface area contributed by atoms with E-state index in [4.69, 9.17) is 99.5 Å². The van der Waals surface area contributed by atoms with E-state index in [2.05, 4.69) is 0 Å². The molecule has 0 aromatic carbocycles. The Kier molecular flexibility index (Phi) is 53.6. The summed E-state index contributed by atoms with van der Waals surface area (Å²) in [4.78, 5) is 0. The summed E-state index contributed by atoms with van der Waals surface area (Å²) in [6.45, 7) is -8.77. The summed E-state index contributed by atoms with van der Waals surface area (Å²) in [6.07, 6.45) is -81.7. The zero-order valence-corrected chi connectivity index (χ0v) is 80.0. The van der Waals surface area contributed by atoms with Gasteiger partial charge in [-0.15, -0.1) is 0 Å². The molecule has 0 radical (unpaired) electrons. The minimum Gasteiger partial charge on any atom is -1.00 e. The first-order chi connectivity index (χ1) is 62.2. The minimum absolute atomic E-state index is 0. The van der Waals surface area contributed by atoms with Crippen LogP contribution in [0.5, 0.6) is 0 Å². The maximum atomic E-state index is 12.3. The first kappa shape index (κ1) is 125. The number of aliphatic hydroxyl groups is 14. The molecule has 14 bridgehead atoms. The molecule has 64 heteroatoms. The van der Waals surface area contributed by atoms with E-state index in [-0.39, 0.29) is 136 Å². The predicted octanol–water partition coefficient (Wildman–Crippen LogP) is -14.1. The third kappa shape index (κ3) is 41.2. The second-order valence-electron chi connectivity index (χ2n) is 32.7. The fraction of sp³-hybridized carbons (Fsp3) is 1.00. The fourth-order valence-corrected chi connectivity index (χ4v) is 19.0. The topological polar surface area (TPSA) is 875 Å². The molecule has 0 amide bonds. The van der Waals surface area contributed by atoms with Crippen LogP contribution in [0, 0.1) is 0 Å². The van der Waals surface area contributed by atoms with Crippen LogP contribution in [0.4, 0.5) is 0 Å². The largest absolute Gasteiger partial charge is 1.00 e. The van der Waals surface area contributed by atoms with Crippen molar-refractivity contribution in [2.75, 3.05) is 133 Å². The molecular weight excluding hydrogens is 2010 g/mol. The van der Waals surface area contributed by atoms with Crippen molar-refractivity contribution in [1.29, 1.82) is 0 Å². The summed E-state index contributed by atoms with van der Waals surface area (Å²) in [7, 11) is -33.2. The van der Waals surface area contributed by atoms with Gasteiger partial charge in [0.15, 0.2) is 44.0 Å². The normalized spacial score (nSPS) is 37.1. The molecule has 21 fully saturated rings. The van der Waals surface area contributed by atoms with E-state index in [1.54, 1.807) is 0 Å². The minimum atomic E-state index is -4.78. The Morgan fingerprint density at radius 1 is 0.199 bits per heavy atom. The Morgan fingerprint density at radius 2 is 0.316 bits per heavy atom. The number of ether oxygens (including phenoxy) is 21. The van der Waals surface area contributed by atoms with Gasteiger partial charge in [0, 0.05) is 80.8 Å². The average Bonchev–Trinajstić information content (AvgIpc) is 0.888. The second-order valence-corrected chi connectivity index (χ2v) is 43.4. The van der Waals surface area contributed by atoms with Crippen molar-refractivity contribution in [3.8, 4) is 0 Å². The molecule has 802 valence electrons. The van der Waals surface area contributed by atoms with Crippen molar-refractivity contribution in [3.63, 3.8) is 0 Å². The van der Waals surface area contributed by atoms with Crippen molar-refractivity contribution in [2.24, 2.45) is 0 Å². The molecule has 21 rings (SSSR count). The van der Waals surface area contributed by atoms with E-state index in [1.807, 2.05) is 0 Å². The monoisotopic (exact) mass is 2140 g/mol. The summed E-state index contributed by atoms with van der Waals surface area (Å²) < 4.78 is 367. The van der Waals surface area contributed by atoms with E-state index in [0.717, 1.165) is 0 Å². The van der Waals surface area contributed by atoms with Gasteiger partial charge >= 0.3 is 29.6 Å². The summed E-state index contributed by atoms with van der Waals surface area (Å²) >= 11 is 0. The summed E-state index contributed by atoms with van der Waals surface area (Å²) in [5, 5.41) is 171. The molecule has 35 atom stereocenters. The van der Waals surface area contributed by atoms with Crippen LogP contribution in [0.25, 0.3) is 0 Å². The Labute approximate surface area is 810 Å². The fourth-order valence-electron chi connectivity index (χ4n) is 15.1. The van der Waals surface area contributed by atoms with Gasteiger partial charge in [0.25, 0.3) is 10.1 Å². The number of aliphatic hydroxyl groups excluding tert-OH is 14. The van der Waals surface area contributed by atoms with E-state index >= 15 is 0 Å². The van der Waals surface area contributed by atoms with Gasteiger partial charge in [-0.2, -0.15) is 8.42 Å². The van der Waals surface area contributed by atoms with Gasteiger partial charge in [-0.25, -0.2) is 50.5 Å². The number of hydrogen-bond acceptors (Lipinski definition) is 55. The van der Waals surface area contributed by atoms with Crippen LogP contribution in [0.3, 0.4) is 0 Å². The molecule has 136 heavy (non-hydrogen) atoms. The number of rotatable bonds is 49. The Bertz CT molecular complexity index is 3540. The molecule has 21 aliphatic heterocycles. The zero-order chi connectivity index (χ0) is 98.3. The van der Waals surface area contributed by atoms with Gasteiger partial charge in [0.1, 0.15) is 171 Å². The summed E-state index contributed by atoms with van der Waals surface area (Å²) in [6, 6.07) is 0. The van der Waals surface area contributed by atoms with Crippen LogP contribution < -0.4 is 29.6 Å². The smallest absolute Gasteiger partial charge is 1.00 e. The first-order valence-corrected chi connectivity index (χ1v) is 53.6. The van der Waals surface area contributed by atoms with E-state index in [0.29, 0.717) is 0 Å². The van der Waals surface area contributed by atoms with Crippen LogP contribution in [-0.4, -0.2) is 510 Å². The summed E-state index contributed by atoms with van der Waals surface area (Å²) in [5.41, 5.74) is 0. The van der Waals surface area contributed by atoms with Crippen molar-refractivity contribution in [2.45, 2.75) is 320 Å². The van der Waals surface area contributed by atoms with E-state index in [9.17, 15) is 162 Å². The maximum Gasteiger partial charge on any atom is 1.00 e. The molecule has 21 heterocycles. The van der Waals surface area contributed by atoms with E-state index < -0.39 is 419 Å². The third-order valence-corrected chi connectivity index (χ3v) is 27.6. The molecule has 0 aromatic heterocycles. The number of hydrogen-bond donors (Lipinski definition) is 15. The SMILES string of the molecule is C.C.O=S(=O)([O-])CCCCOC[C@H]1O[C@@H]2O[C@H]3[C@H](O)[C@@H](O)[C@@H](O[C@H]4[C@H](O)[C@@H](O)[C@@H](O[C@H]5[C@H](O)[C@@H](O)[C@@H](O[C@H]6[C@H](O)[C@@H](O)[C@@H](O[C@H]7[C@H](O)[C@@H](O)[C@@H](O[C@H]8[C@H](O)[C@@H](O)C(O[C@H]1[C@H](O)[C@H]2O)O[C@@H]8COCCCCS(=O)(=O)O)O[C@@H]7COCCCCS(=O)(=O)[O-])O[C@@H]6COCCCCS(=O)(=O)[O-])O[C@@H]5COCCCCS(=O)(=O)[O-])O[C@@H]4COCCCCS(=O)(=O)[O-])O[C@@H]3COCCCCS(=O)(=O)[O-].[H-].[Na+]. The van der Waals surface area contributed by atoms with Gasteiger partial charge in [-0.05, 0) is 89.9 Å². The maximum absolute atomic E-state index is 12.3. The molecule has 15 N–H and O–H groups in total. The first-order valence-electron chi connectivity index (χ1n) is 42.5. The van der Waals surface area contributed by atoms with Crippen molar-refractivity contribution >= 4 is 70.8 Å². The van der Waals surface area contributed by atoms with Crippen LogP contribution >= 0.6 is 0 Å². The molecular formula is C72H129NaO56S7-6. The quantitative estimate of drug-likeness (QED) is 0.0153. The Hall–Kier alpha value is -1.03. The number of unbranched alkanes of at least 4 members (excludes halogenated alkanes) is 7. The van der Waals surface area contributed by atoms with Crippen molar-refractivity contribution in [1.82, 2.24) is 0 Å². The van der Waals surface area contributed by atoms with Gasteiger partial charge in [0.05, 0.1) is 113 Å². The molecule has 0 saturated carbocycles. The van der Waals surface area contributed by atoms with Gasteiger partial charge in [-0.3, -0.25) is 4.55 Å². The van der Waals surface area contributed by atoms with Crippen LogP contribution in [0.1, 0.15) is 106 Å². The Balaban J connectivity index is 0.00000980. The third-order valence-electron chi connectivity index (χ3n) is 22.0. The predicted molar refractivity (Wildman–Crippen MR) is 438 cm³/mol. The molecule has 56 nitrogen and oxygen atoms in total. The van der Waals surface area contributed by atoms with Crippen LogP contribution in [0.2, 0.25) is 0 Å². The van der Waals surface area contributed by atoms with Gasteiger partial charge < -0.3 is 200 Å². The summed E-state index contributed by atoms with van der Waals surface area (Å²) in [5.74, 6) is -6.02. The van der Waals surface area contributed by atoms with Crippen molar-refractivity contribution in [3.05, 3.63) is 0 Å². The molecule has 0 spiro atoms. The standard InChI is InChI=1S/C70H126O56S7.2CH4.Na.H/c71-43-50(78)64-113-36(29-106-15-1-8-22-127(85,86)87)57(43)120-65-51(79)44(72)59(38(114-65)31-108-17-3-10-24-129(91,92)93)122-67-53(81)46(74)61(40(116-67)33-110-19-5-12-26-131(97,98)99)124-69-55(83)48(76)63(42(118-69)35-112-21-7-14-28-133(103,104)105)126-70-56(84)49(77)62(41(119-70)34-111-20-6-13-27-132(100,101)102)125-68-54(82)47(75)60(39(117-68)32-109-18-4-11-25-130(94,95)96)123-66-52(80)45(73)58(121-64)37(115-66)30-107-16-2-9-23-128(88,89)90;;;;/h36-84H,1-35H2,(H,85,86,87)(H,88,89,90)(H,91,92,93)(H,94,95,96)(H,97,98,99)(H,100,101,102)(H,103,104,105);2*1H4;;/q;;;+1;-1/p-6/t36-,37-,38-,39-,40-,41-,42-,43-,44-,45-,46-,47-,48-,49-,50-,51-,52-,53-,54-,55-,56-,57-,58-,59-,60-,61-,62-,63-,64-,65-,66-,67-,68-,69-,70?;;;;/m1..../s1. The van der Waals surface area contributed by atoms with Crippen molar-refractivity contribution < 1.29 is 293 Å². The zero-order valence-electron chi connectivity index (χ0n) is 73.3. The van der Waals surface area contributed by atoms with Crippen LogP contribution in [0.15, 0.2) is 0 Å².